The van der Waals surface area contributed by atoms with Crippen LogP contribution < -0.4 is 0 Å². The minimum absolute atomic E-state index is 0.0357. The van der Waals surface area contributed by atoms with Gasteiger partial charge in [-0.2, -0.15) is 0 Å². The molecule has 6 nitrogen and oxygen atoms in total. The van der Waals surface area contributed by atoms with Gasteiger partial charge in [0, 0.05) is 13.8 Å². The molecular weight excluding hydrogens is 322 g/mol. The molecule has 3 atom stereocenters. The Morgan fingerprint density at radius 3 is 2.44 bits per heavy atom. The number of ether oxygens (including phenoxy) is 3. The number of hydrogen-bond acceptors (Lipinski definition) is 6. The van der Waals surface area contributed by atoms with E-state index in [1.165, 1.54) is 13.8 Å². The third kappa shape index (κ3) is 3.69. The van der Waals surface area contributed by atoms with E-state index in [9.17, 15) is 9.59 Å². The Labute approximate surface area is 147 Å². The third-order valence-electron chi connectivity index (χ3n) is 4.63. The maximum absolute atomic E-state index is 11.6. The van der Waals surface area contributed by atoms with Crippen LogP contribution in [0.4, 0.5) is 0 Å². The van der Waals surface area contributed by atoms with Gasteiger partial charge in [0.25, 0.3) is 0 Å². The fraction of sp³-hybridized carbons (Fsp3) is 0.474. The van der Waals surface area contributed by atoms with Crippen molar-refractivity contribution in [2.75, 3.05) is 7.05 Å². The van der Waals surface area contributed by atoms with Gasteiger partial charge in [-0.15, -0.1) is 0 Å². The highest BCUT2D eigenvalue weighted by Gasteiger charge is 2.50. The summed E-state index contributed by atoms with van der Waals surface area (Å²) in [6, 6.07) is 9.51. The second-order valence-corrected chi connectivity index (χ2v) is 6.45. The van der Waals surface area contributed by atoms with Gasteiger partial charge in [-0.05, 0) is 25.5 Å². The van der Waals surface area contributed by atoms with E-state index in [2.05, 4.69) is 4.90 Å². The molecule has 0 unspecified atom stereocenters. The van der Waals surface area contributed by atoms with Crippen molar-refractivity contribution < 1.29 is 23.8 Å². The zero-order valence-electron chi connectivity index (χ0n) is 14.7. The lowest BCUT2D eigenvalue weighted by Crippen LogP contribution is -2.49. The largest absolute Gasteiger partial charge is 0.488 e. The number of esters is 2. The first kappa shape index (κ1) is 17.5. The molecule has 2 heterocycles. The molecule has 2 aliphatic heterocycles. The number of hydrogen-bond donors (Lipinski definition) is 0. The minimum Gasteiger partial charge on any atom is -0.488 e. The number of fused-ring (bicyclic) bond motifs is 2. The summed E-state index contributed by atoms with van der Waals surface area (Å²) in [5, 5.41) is 0. The molecule has 2 aliphatic rings. The molecular formula is C19H23NO5. The summed E-state index contributed by atoms with van der Waals surface area (Å²) in [6.45, 7) is 3.15. The van der Waals surface area contributed by atoms with Gasteiger partial charge in [-0.1, -0.05) is 30.3 Å². The smallest absolute Gasteiger partial charge is 0.307 e. The molecule has 25 heavy (non-hydrogen) atoms. The van der Waals surface area contributed by atoms with E-state index in [0.717, 1.165) is 12.0 Å². The van der Waals surface area contributed by atoms with Crippen molar-refractivity contribution in [3.63, 3.8) is 0 Å². The van der Waals surface area contributed by atoms with Crippen molar-refractivity contribution in [2.45, 2.75) is 51.5 Å². The molecule has 2 bridgehead atoms. The predicted octanol–water partition coefficient (Wildman–Crippen LogP) is 2.39. The molecule has 0 spiro atoms. The van der Waals surface area contributed by atoms with Gasteiger partial charge in [0.15, 0.2) is 11.5 Å². The van der Waals surface area contributed by atoms with E-state index in [-0.39, 0.29) is 30.1 Å². The monoisotopic (exact) mass is 345 g/mol. The Morgan fingerprint density at radius 1 is 1.08 bits per heavy atom. The number of likely N-dealkylation sites (N-methyl/N-ethyl adjacent to an activating group) is 1. The number of piperidine rings is 1. The SMILES string of the molecule is CC(=O)OC1=C(OCc2ccccc2)[C@@H]2[C@H](OC(C)=O)CC[C@H]1N2C. The quantitative estimate of drug-likeness (QED) is 0.764. The van der Waals surface area contributed by atoms with E-state index >= 15 is 0 Å². The molecule has 1 aromatic rings. The van der Waals surface area contributed by atoms with Gasteiger partial charge in [0.05, 0.1) is 6.04 Å². The summed E-state index contributed by atoms with van der Waals surface area (Å²) >= 11 is 0. The number of carbonyl (C=O) groups is 2. The lowest BCUT2D eigenvalue weighted by Gasteiger charge is -2.37. The Hall–Kier alpha value is -2.34. The van der Waals surface area contributed by atoms with Crippen LogP contribution in [0.1, 0.15) is 32.3 Å². The first-order valence-corrected chi connectivity index (χ1v) is 8.45. The molecule has 134 valence electrons. The van der Waals surface area contributed by atoms with Gasteiger partial charge < -0.3 is 14.2 Å². The molecule has 1 aromatic carbocycles. The van der Waals surface area contributed by atoms with Crippen LogP contribution in [-0.4, -0.2) is 42.1 Å². The van der Waals surface area contributed by atoms with E-state index in [0.29, 0.717) is 24.5 Å². The summed E-state index contributed by atoms with van der Waals surface area (Å²) in [4.78, 5) is 25.1. The maximum atomic E-state index is 11.6. The highest BCUT2D eigenvalue weighted by molar-refractivity contribution is 5.68. The minimum atomic E-state index is -0.374. The van der Waals surface area contributed by atoms with Gasteiger partial charge in [-0.3, -0.25) is 14.5 Å². The van der Waals surface area contributed by atoms with E-state index in [1.807, 2.05) is 37.4 Å². The predicted molar refractivity (Wildman–Crippen MR) is 90.2 cm³/mol. The van der Waals surface area contributed by atoms with Crippen LogP contribution in [0.2, 0.25) is 0 Å². The first-order chi connectivity index (χ1) is 12.0. The Bertz CT molecular complexity index is 684. The van der Waals surface area contributed by atoms with Gasteiger partial charge in [0.2, 0.25) is 0 Å². The molecule has 0 aromatic heterocycles. The molecule has 1 saturated heterocycles. The van der Waals surface area contributed by atoms with Crippen molar-refractivity contribution in [1.82, 2.24) is 4.90 Å². The molecule has 0 radical (unpaired) electrons. The van der Waals surface area contributed by atoms with Crippen molar-refractivity contribution in [1.29, 1.82) is 0 Å². The Kier molecular flexibility index (Phi) is 5.08. The first-order valence-electron chi connectivity index (χ1n) is 8.45. The zero-order chi connectivity index (χ0) is 18.0. The van der Waals surface area contributed by atoms with Crippen LogP contribution >= 0.6 is 0 Å². The third-order valence-corrected chi connectivity index (χ3v) is 4.63. The zero-order valence-corrected chi connectivity index (χ0v) is 14.7. The van der Waals surface area contributed by atoms with Crippen molar-refractivity contribution in [3.05, 3.63) is 47.4 Å². The van der Waals surface area contributed by atoms with Crippen LogP contribution in [0.25, 0.3) is 0 Å². The van der Waals surface area contributed by atoms with Crippen molar-refractivity contribution in [3.8, 4) is 0 Å². The van der Waals surface area contributed by atoms with Gasteiger partial charge in [-0.25, -0.2) is 0 Å². The van der Waals surface area contributed by atoms with Crippen molar-refractivity contribution in [2.24, 2.45) is 0 Å². The molecule has 0 saturated carbocycles. The lowest BCUT2D eigenvalue weighted by atomic mass is 9.99. The molecule has 0 aliphatic carbocycles. The standard InChI is InChI=1S/C19H23NO5/c1-12(21)24-16-10-9-15-18(25-13(2)22)19(17(16)20(15)3)23-11-14-7-5-4-6-8-14/h4-8,15-17H,9-11H2,1-3H3/t15-,16-,17+/m1/s1. The highest BCUT2D eigenvalue weighted by Crippen LogP contribution is 2.41. The summed E-state index contributed by atoms with van der Waals surface area (Å²) in [7, 11) is 1.94. The second-order valence-electron chi connectivity index (χ2n) is 6.45. The fourth-order valence-electron chi connectivity index (χ4n) is 3.62. The van der Waals surface area contributed by atoms with Crippen LogP contribution in [0, 0.1) is 0 Å². The summed E-state index contributed by atoms with van der Waals surface area (Å²) in [5.74, 6) is 0.446. The molecule has 6 heteroatoms. The molecule has 0 amide bonds. The number of benzene rings is 1. The summed E-state index contributed by atoms with van der Waals surface area (Å²) in [6.07, 6.45) is 1.14. The fourth-order valence-corrected chi connectivity index (χ4v) is 3.62. The number of carbonyl (C=O) groups excluding carboxylic acids is 2. The average Bonchev–Trinajstić information content (AvgIpc) is 2.71. The molecule has 0 N–H and O–H groups in total. The van der Waals surface area contributed by atoms with Crippen LogP contribution in [-0.2, 0) is 30.4 Å². The topological polar surface area (TPSA) is 65.1 Å². The van der Waals surface area contributed by atoms with E-state index in [4.69, 9.17) is 14.2 Å². The lowest BCUT2D eigenvalue weighted by molar-refractivity contribution is -0.152. The van der Waals surface area contributed by atoms with Crippen LogP contribution in [0.3, 0.4) is 0 Å². The van der Waals surface area contributed by atoms with E-state index in [1.54, 1.807) is 0 Å². The molecule has 1 fully saturated rings. The van der Waals surface area contributed by atoms with Crippen LogP contribution in [0.15, 0.2) is 41.9 Å². The van der Waals surface area contributed by atoms with Gasteiger partial charge >= 0.3 is 11.9 Å². The number of rotatable bonds is 5. The second kappa shape index (κ2) is 7.27. The summed E-state index contributed by atoms with van der Waals surface area (Å²) < 4.78 is 17.0. The van der Waals surface area contributed by atoms with Gasteiger partial charge in [0.1, 0.15) is 18.8 Å². The van der Waals surface area contributed by atoms with Crippen LogP contribution in [0.5, 0.6) is 0 Å². The Morgan fingerprint density at radius 2 is 1.80 bits per heavy atom. The number of nitrogens with zero attached hydrogens (tertiary/aromatic N) is 1. The maximum Gasteiger partial charge on any atom is 0.307 e. The summed E-state index contributed by atoms with van der Waals surface area (Å²) in [5.41, 5.74) is 1.02. The normalized spacial score (nSPS) is 25.6. The Balaban J connectivity index is 1.87. The highest BCUT2D eigenvalue weighted by atomic mass is 16.6. The van der Waals surface area contributed by atoms with E-state index < -0.39 is 0 Å². The van der Waals surface area contributed by atoms with Crippen molar-refractivity contribution >= 4 is 11.9 Å². The average molecular weight is 345 g/mol. The molecule has 3 rings (SSSR count).